The molecule has 1 saturated heterocycles. The highest BCUT2D eigenvalue weighted by atomic mass is 16.2. The van der Waals surface area contributed by atoms with Gasteiger partial charge in [0, 0.05) is 25.6 Å². The van der Waals surface area contributed by atoms with E-state index in [-0.39, 0.29) is 24.4 Å². The number of carbonyl (C=O) groups is 2. The first-order valence-corrected chi connectivity index (χ1v) is 7.95. The molecule has 0 aromatic carbocycles. The van der Waals surface area contributed by atoms with E-state index in [0.29, 0.717) is 6.42 Å². The molecule has 1 aliphatic heterocycles. The first-order valence-electron chi connectivity index (χ1n) is 7.95. The zero-order chi connectivity index (χ0) is 14.4. The van der Waals surface area contributed by atoms with Crippen LogP contribution in [0.2, 0.25) is 0 Å². The third-order valence-corrected chi connectivity index (χ3v) is 4.58. The summed E-state index contributed by atoms with van der Waals surface area (Å²) in [6, 6.07) is 0.222. The highest BCUT2D eigenvalue weighted by Gasteiger charge is 2.21. The second-order valence-corrected chi connectivity index (χ2v) is 6.18. The van der Waals surface area contributed by atoms with Crippen molar-refractivity contribution in [3.05, 3.63) is 0 Å². The Balaban J connectivity index is 1.58. The molecule has 0 bridgehead atoms. The normalized spacial score (nSPS) is 21.1. The molecule has 0 aromatic rings. The Kier molecular flexibility index (Phi) is 5.83. The minimum atomic E-state index is 0.0129. The maximum Gasteiger partial charge on any atom is 0.241 e. The third kappa shape index (κ3) is 4.78. The van der Waals surface area contributed by atoms with Gasteiger partial charge in [0.05, 0.1) is 6.54 Å². The average molecular weight is 281 g/mol. The minimum absolute atomic E-state index is 0.0129. The van der Waals surface area contributed by atoms with Crippen LogP contribution in [0.3, 0.4) is 0 Å². The Morgan fingerprint density at radius 2 is 1.75 bits per heavy atom. The summed E-state index contributed by atoms with van der Waals surface area (Å²) >= 11 is 0. The Bertz CT molecular complexity index is 332. The van der Waals surface area contributed by atoms with Crippen LogP contribution in [0.1, 0.15) is 51.4 Å². The molecule has 2 fully saturated rings. The van der Waals surface area contributed by atoms with E-state index in [9.17, 15) is 9.59 Å². The summed E-state index contributed by atoms with van der Waals surface area (Å²) in [4.78, 5) is 25.5. The van der Waals surface area contributed by atoms with Gasteiger partial charge in [-0.25, -0.2) is 0 Å². The maximum atomic E-state index is 11.9. The highest BCUT2D eigenvalue weighted by molar-refractivity contribution is 5.84. The van der Waals surface area contributed by atoms with Crippen LogP contribution in [0.5, 0.6) is 0 Å². The summed E-state index contributed by atoms with van der Waals surface area (Å²) in [6.45, 7) is 1.58. The van der Waals surface area contributed by atoms with E-state index in [1.165, 1.54) is 25.7 Å². The van der Waals surface area contributed by atoms with Crippen LogP contribution < -0.4 is 11.1 Å². The van der Waals surface area contributed by atoms with Crippen molar-refractivity contribution in [1.82, 2.24) is 10.2 Å². The van der Waals surface area contributed by atoms with E-state index >= 15 is 0 Å². The van der Waals surface area contributed by atoms with E-state index in [1.807, 2.05) is 0 Å². The zero-order valence-corrected chi connectivity index (χ0v) is 12.3. The van der Waals surface area contributed by atoms with E-state index < -0.39 is 0 Å². The van der Waals surface area contributed by atoms with Gasteiger partial charge in [-0.3, -0.25) is 9.59 Å². The number of amides is 2. The summed E-state index contributed by atoms with van der Waals surface area (Å²) in [7, 11) is 0. The van der Waals surface area contributed by atoms with Gasteiger partial charge in [0.25, 0.3) is 0 Å². The molecule has 2 aliphatic rings. The summed E-state index contributed by atoms with van der Waals surface area (Å²) < 4.78 is 0. The predicted molar refractivity (Wildman–Crippen MR) is 78.0 cm³/mol. The highest BCUT2D eigenvalue weighted by Crippen LogP contribution is 2.28. The number of likely N-dealkylation sites (tertiary alicyclic amines) is 1. The van der Waals surface area contributed by atoms with Crippen molar-refractivity contribution in [2.24, 2.45) is 11.7 Å². The van der Waals surface area contributed by atoms with Gasteiger partial charge in [-0.05, 0) is 25.2 Å². The molecule has 114 valence electrons. The fourth-order valence-electron chi connectivity index (χ4n) is 3.16. The molecule has 1 aliphatic carbocycles. The largest absolute Gasteiger partial charge is 0.347 e. The quantitative estimate of drug-likeness (QED) is 0.790. The summed E-state index contributed by atoms with van der Waals surface area (Å²) in [6.07, 6.45) is 8.40. The van der Waals surface area contributed by atoms with Crippen LogP contribution in [-0.4, -0.2) is 42.4 Å². The maximum absolute atomic E-state index is 11.9. The Morgan fingerprint density at radius 3 is 2.40 bits per heavy atom. The lowest BCUT2D eigenvalue weighted by Crippen LogP contribution is -2.46. The van der Waals surface area contributed by atoms with Gasteiger partial charge in [-0.1, -0.05) is 25.7 Å². The smallest absolute Gasteiger partial charge is 0.241 e. The molecular formula is C15H27N3O2. The lowest BCUT2D eigenvalue weighted by molar-refractivity contribution is -0.133. The van der Waals surface area contributed by atoms with Crippen LogP contribution in [0.25, 0.3) is 0 Å². The lowest BCUT2D eigenvalue weighted by atomic mass is 10.0. The number of nitrogens with zero attached hydrogens (tertiary/aromatic N) is 1. The van der Waals surface area contributed by atoms with Gasteiger partial charge in [-0.15, -0.1) is 0 Å². The van der Waals surface area contributed by atoms with Crippen molar-refractivity contribution < 1.29 is 9.59 Å². The predicted octanol–water partition coefficient (Wildman–Crippen LogP) is 1.02. The first-order chi connectivity index (χ1) is 9.65. The van der Waals surface area contributed by atoms with Gasteiger partial charge < -0.3 is 16.0 Å². The molecule has 3 N–H and O–H groups in total. The lowest BCUT2D eigenvalue weighted by Gasteiger charge is -2.30. The van der Waals surface area contributed by atoms with Crippen LogP contribution >= 0.6 is 0 Å². The van der Waals surface area contributed by atoms with Crippen molar-refractivity contribution in [1.29, 1.82) is 0 Å². The molecule has 0 spiro atoms. The van der Waals surface area contributed by atoms with Gasteiger partial charge in [0.15, 0.2) is 0 Å². The molecule has 2 amide bonds. The van der Waals surface area contributed by atoms with Crippen molar-refractivity contribution in [3.63, 3.8) is 0 Å². The molecule has 0 unspecified atom stereocenters. The van der Waals surface area contributed by atoms with E-state index in [4.69, 9.17) is 5.73 Å². The Morgan fingerprint density at radius 1 is 1.10 bits per heavy atom. The molecule has 20 heavy (non-hydrogen) atoms. The van der Waals surface area contributed by atoms with Gasteiger partial charge in [-0.2, -0.15) is 0 Å². The fraction of sp³-hybridized carbons (Fsp3) is 0.867. The van der Waals surface area contributed by atoms with Crippen LogP contribution in [0.4, 0.5) is 0 Å². The molecule has 0 atom stereocenters. The minimum Gasteiger partial charge on any atom is -0.347 e. The average Bonchev–Trinajstić information content (AvgIpc) is 2.96. The number of nitrogens with two attached hydrogens (primary N) is 1. The zero-order valence-electron chi connectivity index (χ0n) is 12.3. The molecular weight excluding hydrogens is 254 g/mol. The van der Waals surface area contributed by atoms with E-state index in [0.717, 1.165) is 38.3 Å². The van der Waals surface area contributed by atoms with Crippen LogP contribution in [0.15, 0.2) is 0 Å². The van der Waals surface area contributed by atoms with E-state index in [1.54, 1.807) is 4.90 Å². The number of piperidine rings is 1. The Labute approximate surface area is 121 Å². The van der Waals surface area contributed by atoms with Gasteiger partial charge in [0.2, 0.25) is 11.8 Å². The molecule has 1 heterocycles. The number of nitrogens with one attached hydrogen (secondary N) is 1. The van der Waals surface area contributed by atoms with Crippen molar-refractivity contribution in [2.45, 2.75) is 57.4 Å². The van der Waals surface area contributed by atoms with Crippen molar-refractivity contribution in [2.75, 3.05) is 19.6 Å². The third-order valence-electron chi connectivity index (χ3n) is 4.58. The van der Waals surface area contributed by atoms with Gasteiger partial charge >= 0.3 is 0 Å². The molecule has 1 saturated carbocycles. The fourth-order valence-corrected chi connectivity index (χ4v) is 3.16. The molecule has 2 rings (SSSR count). The Hall–Kier alpha value is -1.10. The summed E-state index contributed by atoms with van der Waals surface area (Å²) in [5.41, 5.74) is 5.81. The molecule has 0 aromatic heterocycles. The topological polar surface area (TPSA) is 75.4 Å². The second-order valence-electron chi connectivity index (χ2n) is 6.18. The van der Waals surface area contributed by atoms with Crippen LogP contribution in [-0.2, 0) is 9.59 Å². The van der Waals surface area contributed by atoms with Gasteiger partial charge in [0.1, 0.15) is 0 Å². The standard InChI is InChI=1S/C15H27N3O2/c16-13-7-9-18(10-8-13)15(20)11-17-14(19)6-5-12-3-1-2-4-12/h12-13H,1-11,16H2,(H,17,19). The van der Waals surface area contributed by atoms with Crippen LogP contribution in [0, 0.1) is 5.92 Å². The SMILES string of the molecule is NC1CCN(C(=O)CNC(=O)CCC2CCCC2)CC1. The number of carbonyl (C=O) groups excluding carboxylic acids is 2. The second kappa shape index (κ2) is 7.62. The number of hydrogen-bond donors (Lipinski definition) is 2. The van der Waals surface area contributed by atoms with Crippen molar-refractivity contribution >= 4 is 11.8 Å². The molecule has 0 radical (unpaired) electrons. The van der Waals surface area contributed by atoms with Crippen molar-refractivity contribution in [3.8, 4) is 0 Å². The summed E-state index contributed by atoms with van der Waals surface area (Å²) in [5.74, 6) is 0.755. The molecule has 5 nitrogen and oxygen atoms in total. The van der Waals surface area contributed by atoms with E-state index in [2.05, 4.69) is 5.32 Å². The summed E-state index contributed by atoms with van der Waals surface area (Å²) in [5, 5.41) is 2.75. The number of rotatable bonds is 5. The monoisotopic (exact) mass is 281 g/mol. The number of hydrogen-bond acceptors (Lipinski definition) is 3. The molecule has 5 heteroatoms. The first kappa shape index (κ1) is 15.3.